The Bertz CT molecular complexity index is 712. The summed E-state index contributed by atoms with van der Waals surface area (Å²) in [7, 11) is 3.77. The van der Waals surface area contributed by atoms with Gasteiger partial charge >= 0.3 is 0 Å². The Morgan fingerprint density at radius 3 is 2.89 bits per heavy atom. The molecular formula is C12H15N5O. The second kappa shape index (κ2) is 3.97. The monoisotopic (exact) mass is 245 g/mol. The molecule has 3 aromatic heterocycles. The molecule has 0 saturated carbocycles. The average Bonchev–Trinajstić information content (AvgIpc) is 2.92. The first kappa shape index (κ1) is 11.0. The Hall–Kier alpha value is -2.11. The topological polar surface area (TPSA) is 68.8 Å². The average molecular weight is 245 g/mol. The molecule has 6 heteroatoms. The summed E-state index contributed by atoms with van der Waals surface area (Å²) in [4.78, 5) is 13.3. The van der Waals surface area contributed by atoms with Crippen LogP contribution in [-0.2, 0) is 13.5 Å². The fourth-order valence-electron chi connectivity index (χ4n) is 2.12. The maximum Gasteiger partial charge on any atom is 0.251 e. The van der Waals surface area contributed by atoms with E-state index in [9.17, 15) is 0 Å². The lowest BCUT2D eigenvalue weighted by molar-refractivity contribution is 0.518. The van der Waals surface area contributed by atoms with Crippen LogP contribution in [0.5, 0.6) is 0 Å². The van der Waals surface area contributed by atoms with Gasteiger partial charge in [0.25, 0.3) is 5.71 Å². The van der Waals surface area contributed by atoms with Crippen molar-refractivity contribution in [3.05, 3.63) is 12.2 Å². The highest BCUT2D eigenvalue weighted by atomic mass is 16.4. The number of imidazole rings is 1. The molecule has 0 bridgehead atoms. The van der Waals surface area contributed by atoms with E-state index >= 15 is 0 Å². The van der Waals surface area contributed by atoms with Gasteiger partial charge in [0.2, 0.25) is 0 Å². The zero-order valence-electron chi connectivity index (χ0n) is 10.7. The summed E-state index contributed by atoms with van der Waals surface area (Å²) < 4.78 is 7.62. The van der Waals surface area contributed by atoms with E-state index in [1.54, 1.807) is 6.33 Å². The van der Waals surface area contributed by atoms with Crippen molar-refractivity contribution in [2.45, 2.75) is 19.8 Å². The van der Waals surface area contributed by atoms with Gasteiger partial charge in [-0.3, -0.25) is 0 Å². The van der Waals surface area contributed by atoms with E-state index in [2.05, 4.69) is 27.2 Å². The summed E-state index contributed by atoms with van der Waals surface area (Å²) in [6.45, 7) is 2.10. The molecule has 94 valence electrons. The summed E-state index contributed by atoms with van der Waals surface area (Å²) in [5, 5.41) is 3.04. The summed E-state index contributed by atoms with van der Waals surface area (Å²) in [6, 6.07) is 0. The van der Waals surface area contributed by atoms with Gasteiger partial charge in [-0.2, -0.15) is 4.98 Å². The number of aromatic nitrogens is 4. The summed E-state index contributed by atoms with van der Waals surface area (Å²) in [5.41, 5.74) is 3.13. The predicted molar refractivity (Wildman–Crippen MR) is 69.6 cm³/mol. The molecule has 0 aliphatic heterocycles. The number of aryl methyl sites for hydroxylation is 2. The summed E-state index contributed by atoms with van der Waals surface area (Å²) >= 11 is 0. The highest BCUT2D eigenvalue weighted by Gasteiger charge is 2.17. The standard InChI is InChI=1S/C12H15N5O/c1-4-5-7-15-9-10-8(14-6-17(10)3)11(13-2)16-12(9)18-7/h6H,4-5H2,1-3H3,(H,13,16). The van der Waals surface area contributed by atoms with Gasteiger partial charge in [0.05, 0.1) is 6.33 Å². The molecule has 3 aromatic rings. The highest BCUT2D eigenvalue weighted by molar-refractivity contribution is 6.03. The van der Waals surface area contributed by atoms with Gasteiger partial charge < -0.3 is 14.3 Å². The van der Waals surface area contributed by atoms with Gasteiger partial charge in [-0.15, -0.1) is 0 Å². The normalized spacial score (nSPS) is 11.5. The molecule has 18 heavy (non-hydrogen) atoms. The van der Waals surface area contributed by atoms with Crippen molar-refractivity contribution in [2.75, 3.05) is 12.4 Å². The largest absolute Gasteiger partial charge is 0.422 e. The van der Waals surface area contributed by atoms with E-state index in [0.29, 0.717) is 5.71 Å². The minimum atomic E-state index is 0.568. The molecule has 0 unspecified atom stereocenters. The number of hydrogen-bond donors (Lipinski definition) is 1. The molecule has 6 nitrogen and oxygen atoms in total. The Balaban J connectivity index is 2.38. The van der Waals surface area contributed by atoms with Crippen molar-refractivity contribution in [2.24, 2.45) is 7.05 Å². The fourth-order valence-corrected chi connectivity index (χ4v) is 2.12. The van der Waals surface area contributed by atoms with Crippen molar-refractivity contribution >= 4 is 28.1 Å². The lowest BCUT2D eigenvalue weighted by Crippen LogP contribution is -1.95. The van der Waals surface area contributed by atoms with Crippen LogP contribution in [0.25, 0.3) is 22.3 Å². The third kappa shape index (κ3) is 1.45. The zero-order valence-corrected chi connectivity index (χ0v) is 10.7. The summed E-state index contributed by atoms with van der Waals surface area (Å²) in [6.07, 6.45) is 3.59. The van der Waals surface area contributed by atoms with Gasteiger partial charge in [0.15, 0.2) is 17.2 Å². The fraction of sp³-hybridized carbons (Fsp3) is 0.417. The van der Waals surface area contributed by atoms with E-state index in [4.69, 9.17) is 4.42 Å². The predicted octanol–water partition coefficient (Wildman–Crippen LogP) is 2.10. The number of anilines is 1. The highest BCUT2D eigenvalue weighted by Crippen LogP contribution is 2.28. The molecule has 0 radical (unpaired) electrons. The minimum absolute atomic E-state index is 0.568. The molecular weight excluding hydrogens is 230 g/mol. The molecule has 0 aliphatic rings. The van der Waals surface area contributed by atoms with Crippen LogP contribution in [-0.4, -0.2) is 26.6 Å². The molecule has 0 aromatic carbocycles. The van der Waals surface area contributed by atoms with Crippen LogP contribution in [0.1, 0.15) is 19.2 Å². The number of nitrogens with zero attached hydrogens (tertiary/aromatic N) is 4. The SMILES string of the molecule is CCCc1nc2c(nc(NC)c3ncn(C)c32)o1. The second-order valence-corrected chi connectivity index (χ2v) is 4.27. The third-order valence-electron chi connectivity index (χ3n) is 2.95. The van der Waals surface area contributed by atoms with Gasteiger partial charge in [0.1, 0.15) is 11.0 Å². The van der Waals surface area contributed by atoms with Crippen molar-refractivity contribution in [1.29, 1.82) is 0 Å². The molecule has 0 atom stereocenters. The van der Waals surface area contributed by atoms with Gasteiger partial charge in [0, 0.05) is 20.5 Å². The molecule has 3 heterocycles. The van der Waals surface area contributed by atoms with Gasteiger partial charge in [-0.1, -0.05) is 6.92 Å². The Labute approximate surface area is 104 Å². The third-order valence-corrected chi connectivity index (χ3v) is 2.95. The molecule has 0 fully saturated rings. The van der Waals surface area contributed by atoms with Crippen molar-refractivity contribution in [1.82, 2.24) is 19.5 Å². The quantitative estimate of drug-likeness (QED) is 0.765. The van der Waals surface area contributed by atoms with E-state index in [1.807, 2.05) is 18.7 Å². The van der Waals surface area contributed by atoms with E-state index in [1.165, 1.54) is 0 Å². The smallest absolute Gasteiger partial charge is 0.251 e. The lowest BCUT2D eigenvalue weighted by Gasteiger charge is -2.00. The Kier molecular flexibility index (Phi) is 2.43. The maximum atomic E-state index is 5.68. The van der Waals surface area contributed by atoms with E-state index in [-0.39, 0.29) is 0 Å². The number of oxazole rings is 1. The minimum Gasteiger partial charge on any atom is -0.422 e. The Morgan fingerprint density at radius 2 is 2.17 bits per heavy atom. The molecule has 3 rings (SSSR count). The second-order valence-electron chi connectivity index (χ2n) is 4.27. The summed E-state index contributed by atoms with van der Waals surface area (Å²) in [5.74, 6) is 1.45. The molecule has 1 N–H and O–H groups in total. The zero-order chi connectivity index (χ0) is 12.7. The maximum absolute atomic E-state index is 5.68. The van der Waals surface area contributed by atoms with E-state index < -0.39 is 0 Å². The number of nitrogens with one attached hydrogen (secondary N) is 1. The van der Waals surface area contributed by atoms with Crippen LogP contribution in [0, 0.1) is 0 Å². The van der Waals surface area contributed by atoms with Crippen LogP contribution >= 0.6 is 0 Å². The first-order valence-electron chi connectivity index (χ1n) is 6.02. The van der Waals surface area contributed by atoms with Crippen LogP contribution in [0.4, 0.5) is 5.82 Å². The number of pyridine rings is 1. The van der Waals surface area contributed by atoms with Crippen LogP contribution < -0.4 is 5.32 Å². The van der Waals surface area contributed by atoms with Crippen LogP contribution in [0.2, 0.25) is 0 Å². The molecule has 0 amide bonds. The van der Waals surface area contributed by atoms with Crippen LogP contribution in [0.15, 0.2) is 10.7 Å². The van der Waals surface area contributed by atoms with Crippen LogP contribution in [0.3, 0.4) is 0 Å². The van der Waals surface area contributed by atoms with Crippen molar-refractivity contribution in [3.8, 4) is 0 Å². The van der Waals surface area contributed by atoms with Crippen molar-refractivity contribution in [3.63, 3.8) is 0 Å². The number of rotatable bonds is 3. The molecule has 0 spiro atoms. The first-order chi connectivity index (χ1) is 8.74. The molecule has 0 saturated heterocycles. The van der Waals surface area contributed by atoms with Gasteiger partial charge in [-0.25, -0.2) is 9.97 Å². The lowest BCUT2D eigenvalue weighted by atomic mass is 10.3. The number of fused-ring (bicyclic) bond motifs is 3. The van der Waals surface area contributed by atoms with Crippen molar-refractivity contribution < 1.29 is 4.42 Å². The number of hydrogen-bond acceptors (Lipinski definition) is 5. The van der Waals surface area contributed by atoms with E-state index in [0.717, 1.165) is 41.1 Å². The van der Waals surface area contributed by atoms with Gasteiger partial charge in [-0.05, 0) is 6.42 Å². The first-order valence-corrected chi connectivity index (χ1v) is 6.02. The Morgan fingerprint density at radius 1 is 1.33 bits per heavy atom. The molecule has 0 aliphatic carbocycles.